The van der Waals surface area contributed by atoms with Gasteiger partial charge in [-0.2, -0.15) is 0 Å². The van der Waals surface area contributed by atoms with Gasteiger partial charge in [-0.15, -0.1) is 0 Å². The van der Waals surface area contributed by atoms with E-state index in [0.29, 0.717) is 0 Å². The monoisotopic (exact) mass is 206 g/mol. The topological polar surface area (TPSA) is 35.5 Å². The quantitative estimate of drug-likeness (QED) is 0.638. The van der Waals surface area contributed by atoms with Crippen LogP contribution in [0.25, 0.3) is 0 Å². The van der Waals surface area contributed by atoms with Gasteiger partial charge in [-0.25, -0.2) is 0 Å². The predicted molar refractivity (Wildman–Crippen MR) is 51.3 cm³/mol. The third-order valence-corrected chi connectivity index (χ3v) is 6.35. The number of carbonyl (C=O) groups excluding carboxylic acids is 1. The molecule has 5 heteroatoms. The lowest BCUT2D eigenvalue weighted by Crippen LogP contribution is -2.46. The Kier molecular flexibility index (Phi) is 3.76. The molecule has 1 saturated heterocycles. The Balaban J connectivity index is 2.31. The summed E-state index contributed by atoms with van der Waals surface area (Å²) in [6.45, 7) is 5.18. The molecule has 0 atom stereocenters. The van der Waals surface area contributed by atoms with Crippen LogP contribution in [-0.4, -0.2) is 32.3 Å². The molecule has 1 aliphatic rings. The Morgan fingerprint density at radius 2 is 2.08 bits per heavy atom. The van der Waals surface area contributed by atoms with E-state index in [2.05, 4.69) is 0 Å². The van der Waals surface area contributed by atoms with Crippen molar-refractivity contribution in [2.45, 2.75) is 19.9 Å². The molecule has 0 N–H and O–H groups in total. The lowest BCUT2D eigenvalue weighted by molar-refractivity contribution is -0.109. The van der Waals surface area contributed by atoms with Crippen molar-refractivity contribution in [3.63, 3.8) is 0 Å². The van der Waals surface area contributed by atoms with Crippen molar-refractivity contribution in [1.82, 2.24) is 0 Å². The highest BCUT2D eigenvalue weighted by Crippen LogP contribution is 2.19. The summed E-state index contributed by atoms with van der Waals surface area (Å²) >= 11 is 1.31. The van der Waals surface area contributed by atoms with Crippen LogP contribution < -0.4 is 0 Å². The van der Waals surface area contributed by atoms with Crippen LogP contribution in [0.5, 0.6) is 0 Å². The van der Waals surface area contributed by atoms with Crippen molar-refractivity contribution in [3.8, 4) is 0 Å². The van der Waals surface area contributed by atoms with Crippen LogP contribution in [0, 0.1) is 0 Å². The van der Waals surface area contributed by atoms with Crippen molar-refractivity contribution < 1.29 is 13.6 Å². The van der Waals surface area contributed by atoms with Gasteiger partial charge in [0, 0.05) is 25.5 Å². The Labute approximate surface area is 78.1 Å². The van der Waals surface area contributed by atoms with Gasteiger partial charge in [0.05, 0.1) is 0 Å². The minimum absolute atomic E-state index is 0.140. The molecule has 0 saturated carbocycles. The van der Waals surface area contributed by atoms with E-state index in [4.69, 9.17) is 8.85 Å². The zero-order valence-corrected chi connectivity index (χ0v) is 9.28. The van der Waals surface area contributed by atoms with Gasteiger partial charge in [0.1, 0.15) is 0 Å². The standard InChI is InChI=1S/C7H14O3SSi/c1-7(8)11-6-12(2)9-4-3-5-10-12/h3-6H2,1-2H3. The number of hydrogen-bond donors (Lipinski definition) is 0. The Morgan fingerprint density at radius 1 is 1.50 bits per heavy atom. The predicted octanol–water partition coefficient (Wildman–Crippen LogP) is 1.31. The molecule has 1 rings (SSSR count). The summed E-state index contributed by atoms with van der Waals surface area (Å²) < 4.78 is 11.1. The molecule has 0 radical (unpaired) electrons. The van der Waals surface area contributed by atoms with E-state index in [0.717, 1.165) is 25.0 Å². The maximum absolute atomic E-state index is 10.7. The number of rotatable bonds is 2. The van der Waals surface area contributed by atoms with Gasteiger partial charge in [0.25, 0.3) is 0 Å². The van der Waals surface area contributed by atoms with Crippen LogP contribution in [0.2, 0.25) is 6.55 Å². The number of carbonyl (C=O) groups is 1. The second-order valence-electron chi connectivity index (χ2n) is 2.96. The molecule has 0 aliphatic carbocycles. The van der Waals surface area contributed by atoms with Crippen LogP contribution >= 0.6 is 11.8 Å². The van der Waals surface area contributed by atoms with E-state index in [1.54, 1.807) is 6.92 Å². The van der Waals surface area contributed by atoms with E-state index in [1.807, 2.05) is 6.55 Å². The highest BCUT2D eigenvalue weighted by Gasteiger charge is 2.34. The van der Waals surface area contributed by atoms with Gasteiger partial charge < -0.3 is 8.85 Å². The summed E-state index contributed by atoms with van der Waals surface area (Å²) in [6, 6.07) is 0. The molecule has 1 fully saturated rings. The fourth-order valence-corrected chi connectivity index (χ4v) is 4.76. The van der Waals surface area contributed by atoms with Crippen LogP contribution in [0.3, 0.4) is 0 Å². The molecule has 0 spiro atoms. The third kappa shape index (κ3) is 3.26. The van der Waals surface area contributed by atoms with Crippen LogP contribution in [0.4, 0.5) is 0 Å². The molecular formula is C7H14O3SSi. The van der Waals surface area contributed by atoms with Crippen molar-refractivity contribution >= 4 is 25.4 Å². The zero-order valence-electron chi connectivity index (χ0n) is 7.46. The highest BCUT2D eigenvalue weighted by molar-refractivity contribution is 8.14. The van der Waals surface area contributed by atoms with E-state index in [1.165, 1.54) is 11.8 Å². The molecule has 3 nitrogen and oxygen atoms in total. The van der Waals surface area contributed by atoms with E-state index >= 15 is 0 Å². The molecule has 0 unspecified atom stereocenters. The fraction of sp³-hybridized carbons (Fsp3) is 0.857. The van der Waals surface area contributed by atoms with Crippen LogP contribution in [0.1, 0.15) is 13.3 Å². The fourth-order valence-electron chi connectivity index (χ4n) is 0.993. The van der Waals surface area contributed by atoms with Gasteiger partial charge >= 0.3 is 8.56 Å². The second-order valence-corrected chi connectivity index (χ2v) is 7.83. The molecule has 0 aromatic carbocycles. The van der Waals surface area contributed by atoms with Gasteiger partial charge in [-0.05, 0) is 13.0 Å². The first-order valence-corrected chi connectivity index (χ1v) is 7.55. The average molecular weight is 206 g/mol. The molecule has 0 amide bonds. The third-order valence-electron chi connectivity index (χ3n) is 1.64. The summed E-state index contributed by atoms with van der Waals surface area (Å²) in [4.78, 5) is 10.7. The van der Waals surface area contributed by atoms with Crippen LogP contribution in [-0.2, 0) is 13.6 Å². The van der Waals surface area contributed by atoms with Gasteiger partial charge in [-0.3, -0.25) is 4.79 Å². The van der Waals surface area contributed by atoms with Crippen molar-refractivity contribution in [2.24, 2.45) is 0 Å². The Bertz CT molecular complexity index is 168. The number of hydrogen-bond acceptors (Lipinski definition) is 4. The highest BCUT2D eigenvalue weighted by atomic mass is 32.2. The first-order chi connectivity index (χ1) is 5.62. The molecule has 70 valence electrons. The average Bonchev–Trinajstić information content (AvgIpc) is 2.03. The second kappa shape index (κ2) is 4.41. The Morgan fingerprint density at radius 3 is 2.58 bits per heavy atom. The summed E-state index contributed by atoms with van der Waals surface area (Å²) in [7, 11) is -1.96. The van der Waals surface area contributed by atoms with Crippen LogP contribution in [0.15, 0.2) is 0 Å². The lowest BCUT2D eigenvalue weighted by atomic mass is 10.5. The van der Waals surface area contributed by atoms with Crippen molar-refractivity contribution in [1.29, 1.82) is 0 Å². The summed E-state index contributed by atoms with van der Waals surface area (Å²) in [5, 5.41) is 0.865. The van der Waals surface area contributed by atoms with E-state index in [9.17, 15) is 4.79 Å². The molecule has 1 heterocycles. The smallest absolute Gasteiger partial charge is 0.345 e. The molecule has 1 aliphatic heterocycles. The maximum Gasteiger partial charge on any atom is 0.345 e. The summed E-state index contributed by atoms with van der Waals surface area (Å²) in [5.41, 5.74) is 0. The largest absolute Gasteiger partial charge is 0.394 e. The summed E-state index contributed by atoms with van der Waals surface area (Å²) in [6.07, 6.45) is 0.979. The molecule has 12 heavy (non-hydrogen) atoms. The molecule has 0 aromatic rings. The minimum Gasteiger partial charge on any atom is -0.394 e. The lowest BCUT2D eigenvalue weighted by Gasteiger charge is -2.30. The van der Waals surface area contributed by atoms with Gasteiger partial charge in [-0.1, -0.05) is 11.8 Å². The van der Waals surface area contributed by atoms with Gasteiger partial charge in [0.15, 0.2) is 5.12 Å². The first-order valence-electron chi connectivity index (χ1n) is 4.04. The van der Waals surface area contributed by atoms with E-state index < -0.39 is 8.56 Å². The summed E-state index contributed by atoms with van der Waals surface area (Å²) in [5.74, 6) is 0. The SMILES string of the molecule is CC(=O)SC[Si]1(C)OCCCO1. The molecular weight excluding hydrogens is 192 g/mol. The number of thioether (sulfide) groups is 1. The molecule has 0 aromatic heterocycles. The first kappa shape index (κ1) is 10.2. The minimum atomic E-state index is -1.96. The van der Waals surface area contributed by atoms with E-state index in [-0.39, 0.29) is 5.12 Å². The van der Waals surface area contributed by atoms with Gasteiger partial charge in [0.2, 0.25) is 0 Å². The maximum atomic E-state index is 10.7. The zero-order chi connectivity index (χ0) is 9.03. The van der Waals surface area contributed by atoms with Crippen molar-refractivity contribution in [2.75, 3.05) is 18.6 Å². The molecule has 0 bridgehead atoms. The van der Waals surface area contributed by atoms with Crippen molar-refractivity contribution in [3.05, 3.63) is 0 Å². The normalized spacial score (nSPS) is 22.2. The Hall–Kier alpha value is 0.157.